The van der Waals surface area contributed by atoms with Crippen molar-refractivity contribution in [1.29, 1.82) is 0 Å². The molecule has 0 aliphatic carbocycles. The van der Waals surface area contributed by atoms with Gasteiger partial charge in [-0.25, -0.2) is 4.98 Å². The van der Waals surface area contributed by atoms with Gasteiger partial charge in [0.2, 0.25) is 0 Å². The molecule has 0 unspecified atom stereocenters. The number of nitrogens with one attached hydrogen (secondary N) is 1. The summed E-state index contributed by atoms with van der Waals surface area (Å²) in [6.07, 6.45) is 5.82. The predicted octanol–water partition coefficient (Wildman–Crippen LogP) is 4.30. The maximum Gasteiger partial charge on any atom is 0.259 e. The Labute approximate surface area is 171 Å². The highest BCUT2D eigenvalue weighted by Gasteiger charge is 2.20. The van der Waals surface area contributed by atoms with Crippen LogP contribution in [0.3, 0.4) is 0 Å². The predicted molar refractivity (Wildman–Crippen MR) is 115 cm³/mol. The van der Waals surface area contributed by atoms with Crippen molar-refractivity contribution >= 4 is 17.4 Å². The number of rotatable bonds is 6. The van der Waals surface area contributed by atoms with Gasteiger partial charge in [-0.3, -0.25) is 9.48 Å². The van der Waals surface area contributed by atoms with E-state index in [2.05, 4.69) is 46.3 Å². The van der Waals surface area contributed by atoms with Crippen LogP contribution in [0.1, 0.15) is 54.2 Å². The number of pyridine rings is 1. The van der Waals surface area contributed by atoms with Gasteiger partial charge in [0.25, 0.3) is 5.91 Å². The van der Waals surface area contributed by atoms with Gasteiger partial charge in [-0.2, -0.15) is 5.10 Å². The van der Waals surface area contributed by atoms with E-state index in [-0.39, 0.29) is 11.8 Å². The summed E-state index contributed by atoms with van der Waals surface area (Å²) < 4.78 is 1.92. The molecular formula is C23H27N5O. The minimum absolute atomic E-state index is 0.149. The van der Waals surface area contributed by atoms with Crippen LogP contribution in [0.25, 0.3) is 0 Å². The lowest BCUT2D eigenvalue weighted by molar-refractivity contribution is 0.102. The number of nitrogens with zero attached hydrogens (tertiary/aromatic N) is 4. The fourth-order valence-electron chi connectivity index (χ4n) is 3.85. The highest BCUT2D eigenvalue weighted by Crippen LogP contribution is 2.23. The monoisotopic (exact) mass is 389 g/mol. The smallest absolute Gasteiger partial charge is 0.259 e. The van der Waals surface area contributed by atoms with Crippen LogP contribution in [0, 0.1) is 0 Å². The average molecular weight is 390 g/mol. The molecule has 29 heavy (non-hydrogen) atoms. The Kier molecular flexibility index (Phi) is 5.60. The Hall–Kier alpha value is -3.15. The molecule has 4 rings (SSSR count). The van der Waals surface area contributed by atoms with Crippen LogP contribution in [-0.4, -0.2) is 33.8 Å². The zero-order chi connectivity index (χ0) is 20.2. The summed E-state index contributed by atoms with van der Waals surface area (Å²) in [6, 6.07) is 14.1. The summed E-state index contributed by atoms with van der Waals surface area (Å²) in [7, 11) is 0. The van der Waals surface area contributed by atoms with E-state index >= 15 is 0 Å². The van der Waals surface area contributed by atoms with Crippen LogP contribution in [0.5, 0.6) is 0 Å². The first kappa shape index (κ1) is 19.2. The maximum atomic E-state index is 12.9. The van der Waals surface area contributed by atoms with E-state index in [1.165, 1.54) is 12.8 Å². The van der Waals surface area contributed by atoms with Crippen molar-refractivity contribution < 1.29 is 4.79 Å². The molecule has 1 aromatic carbocycles. The number of benzene rings is 1. The highest BCUT2D eigenvalue weighted by atomic mass is 16.1. The van der Waals surface area contributed by atoms with Crippen LogP contribution in [0.15, 0.2) is 54.9 Å². The topological polar surface area (TPSA) is 63.1 Å². The van der Waals surface area contributed by atoms with Crippen molar-refractivity contribution in [3.63, 3.8) is 0 Å². The molecule has 6 nitrogen and oxygen atoms in total. The summed E-state index contributed by atoms with van der Waals surface area (Å²) >= 11 is 0. The van der Waals surface area contributed by atoms with Crippen molar-refractivity contribution in [3.8, 4) is 0 Å². The van der Waals surface area contributed by atoms with E-state index in [9.17, 15) is 4.79 Å². The van der Waals surface area contributed by atoms with Gasteiger partial charge < -0.3 is 10.2 Å². The second-order valence-corrected chi connectivity index (χ2v) is 7.79. The van der Waals surface area contributed by atoms with Gasteiger partial charge in [0.1, 0.15) is 5.82 Å². The van der Waals surface area contributed by atoms with Crippen LogP contribution >= 0.6 is 0 Å². The molecule has 1 fully saturated rings. The summed E-state index contributed by atoms with van der Waals surface area (Å²) in [5.41, 5.74) is 3.40. The van der Waals surface area contributed by atoms with Gasteiger partial charge in [0.05, 0.1) is 35.9 Å². The molecule has 1 aliphatic heterocycles. The molecule has 3 heterocycles. The molecule has 0 radical (unpaired) electrons. The van der Waals surface area contributed by atoms with Crippen LogP contribution in [0.2, 0.25) is 0 Å². The summed E-state index contributed by atoms with van der Waals surface area (Å²) in [5.74, 6) is 1.00. The average Bonchev–Trinajstić information content (AvgIpc) is 3.39. The van der Waals surface area contributed by atoms with Gasteiger partial charge >= 0.3 is 0 Å². The van der Waals surface area contributed by atoms with E-state index in [0.29, 0.717) is 17.8 Å². The lowest BCUT2D eigenvalue weighted by Gasteiger charge is -2.16. The first-order valence-electron chi connectivity index (χ1n) is 10.2. The Morgan fingerprint density at radius 2 is 1.83 bits per heavy atom. The van der Waals surface area contributed by atoms with E-state index in [1.807, 2.05) is 35.0 Å². The van der Waals surface area contributed by atoms with Crippen molar-refractivity contribution in [2.45, 2.75) is 39.2 Å². The highest BCUT2D eigenvalue weighted by molar-refractivity contribution is 6.05. The molecule has 3 aromatic rings. The second-order valence-electron chi connectivity index (χ2n) is 7.79. The van der Waals surface area contributed by atoms with Gasteiger partial charge in [-0.05, 0) is 36.5 Å². The van der Waals surface area contributed by atoms with Crippen molar-refractivity contribution in [3.05, 3.63) is 71.7 Å². The zero-order valence-corrected chi connectivity index (χ0v) is 17.0. The Bertz CT molecular complexity index is 957. The third-order valence-corrected chi connectivity index (χ3v) is 5.28. The van der Waals surface area contributed by atoms with Gasteiger partial charge in [-0.15, -0.1) is 0 Å². The molecule has 1 N–H and O–H groups in total. The molecule has 1 aliphatic rings. The zero-order valence-electron chi connectivity index (χ0n) is 17.0. The number of amides is 1. The molecule has 0 atom stereocenters. The molecule has 150 valence electrons. The number of carbonyl (C=O) groups is 1. The first-order chi connectivity index (χ1) is 14.1. The van der Waals surface area contributed by atoms with E-state index in [4.69, 9.17) is 0 Å². The number of hydrogen-bond donors (Lipinski definition) is 1. The SMILES string of the molecule is CC(C)c1c(C(=O)Nc2ccc(N3CCCC3)nc2)cnn1Cc1ccccc1. The third-order valence-electron chi connectivity index (χ3n) is 5.28. The number of anilines is 2. The van der Waals surface area contributed by atoms with Crippen molar-refractivity contribution in [1.82, 2.24) is 14.8 Å². The van der Waals surface area contributed by atoms with E-state index < -0.39 is 0 Å². The molecule has 0 bridgehead atoms. The van der Waals surface area contributed by atoms with E-state index in [1.54, 1.807) is 12.4 Å². The molecule has 2 aromatic heterocycles. The molecule has 6 heteroatoms. The maximum absolute atomic E-state index is 12.9. The van der Waals surface area contributed by atoms with E-state index in [0.717, 1.165) is 30.2 Å². The molecule has 1 amide bonds. The van der Waals surface area contributed by atoms with Gasteiger partial charge in [0, 0.05) is 13.1 Å². The lowest BCUT2D eigenvalue weighted by Crippen LogP contribution is -2.19. The minimum atomic E-state index is -0.149. The van der Waals surface area contributed by atoms with Crippen LogP contribution < -0.4 is 10.2 Å². The molecule has 0 saturated carbocycles. The normalized spacial score (nSPS) is 13.8. The standard InChI is InChI=1S/C23H27N5O/c1-17(2)22-20(15-25-28(22)16-18-8-4-3-5-9-18)23(29)26-19-10-11-21(24-14-19)27-12-6-7-13-27/h3-5,8-11,14-15,17H,6-7,12-13,16H2,1-2H3,(H,26,29). The van der Waals surface area contributed by atoms with Gasteiger partial charge in [-0.1, -0.05) is 44.2 Å². The largest absolute Gasteiger partial charge is 0.357 e. The molecule has 0 spiro atoms. The number of aromatic nitrogens is 3. The quantitative estimate of drug-likeness (QED) is 0.683. The summed E-state index contributed by atoms with van der Waals surface area (Å²) in [5, 5.41) is 7.47. The van der Waals surface area contributed by atoms with Crippen LogP contribution in [-0.2, 0) is 6.54 Å². The van der Waals surface area contributed by atoms with Crippen molar-refractivity contribution in [2.75, 3.05) is 23.3 Å². The molecular weight excluding hydrogens is 362 g/mol. The summed E-state index contributed by atoms with van der Waals surface area (Å²) in [6.45, 7) is 6.92. The van der Waals surface area contributed by atoms with Crippen LogP contribution in [0.4, 0.5) is 11.5 Å². The Morgan fingerprint density at radius 3 is 2.48 bits per heavy atom. The number of hydrogen-bond acceptors (Lipinski definition) is 4. The molecule has 1 saturated heterocycles. The van der Waals surface area contributed by atoms with Crippen molar-refractivity contribution in [2.24, 2.45) is 0 Å². The van der Waals surface area contributed by atoms with Gasteiger partial charge in [0.15, 0.2) is 0 Å². The summed E-state index contributed by atoms with van der Waals surface area (Å²) in [4.78, 5) is 19.7. The lowest BCUT2D eigenvalue weighted by atomic mass is 10.0. The third kappa shape index (κ3) is 4.31. The fraction of sp³-hybridized carbons (Fsp3) is 0.348. The fourth-order valence-corrected chi connectivity index (χ4v) is 3.85. The Balaban J connectivity index is 1.50. The Morgan fingerprint density at radius 1 is 1.07 bits per heavy atom. The minimum Gasteiger partial charge on any atom is -0.357 e. The number of carbonyl (C=O) groups excluding carboxylic acids is 1. The second kappa shape index (κ2) is 8.47. The first-order valence-corrected chi connectivity index (χ1v) is 10.2.